The van der Waals surface area contributed by atoms with Gasteiger partial charge in [0.25, 0.3) is 0 Å². The molecule has 76 valence electrons. The minimum atomic E-state index is 0.250. The molecule has 0 aliphatic heterocycles. The Morgan fingerprint density at radius 2 is 1.64 bits per heavy atom. The van der Waals surface area contributed by atoms with Gasteiger partial charge in [-0.15, -0.1) is 0 Å². The van der Waals surface area contributed by atoms with Crippen LogP contribution in [0.25, 0.3) is 0 Å². The topological polar surface area (TPSA) is 106 Å². The van der Waals surface area contributed by atoms with Crippen molar-refractivity contribution in [2.45, 2.75) is 4.90 Å². The molecule has 0 amide bonds. The van der Waals surface area contributed by atoms with Crippen LogP contribution in [0, 0.1) is 0 Å². The summed E-state index contributed by atoms with van der Waals surface area (Å²) >= 11 is 6.25. The van der Waals surface area contributed by atoms with Gasteiger partial charge >= 0.3 is 6.15 Å². The molecule has 0 bridgehead atoms. The van der Waals surface area contributed by atoms with E-state index in [-0.39, 0.29) is 6.15 Å². The number of nitrogen functional groups attached to an aromatic ring is 2. The Morgan fingerprint density at radius 3 is 1.93 bits per heavy atom. The highest BCUT2D eigenvalue weighted by Gasteiger charge is 2.03. The van der Waals surface area contributed by atoms with Gasteiger partial charge in [-0.25, -0.2) is 0 Å². The summed E-state index contributed by atoms with van der Waals surface area (Å²) in [6.07, 6.45) is 0.250. The lowest BCUT2D eigenvalue weighted by Gasteiger charge is -2.03. The van der Waals surface area contributed by atoms with E-state index in [0.717, 1.165) is 0 Å². The molecule has 0 aromatic heterocycles. The van der Waals surface area contributed by atoms with Crippen LogP contribution in [0.4, 0.5) is 11.4 Å². The predicted molar refractivity (Wildman–Crippen MR) is 53.8 cm³/mol. The van der Waals surface area contributed by atoms with Crippen molar-refractivity contribution in [2.75, 3.05) is 11.5 Å². The second-order valence-electron chi connectivity index (χ2n) is 2.09. The molecule has 0 unspecified atom stereocenters. The fourth-order valence-corrected chi connectivity index (χ4v) is 1.16. The molecule has 0 radical (unpaired) electrons. The number of anilines is 2. The lowest BCUT2D eigenvalue weighted by atomic mass is 10.3. The monoisotopic (exact) mass is 234 g/mol. The highest BCUT2D eigenvalue weighted by Crippen LogP contribution is 2.30. The van der Waals surface area contributed by atoms with Gasteiger partial charge < -0.3 is 16.0 Å². The second-order valence-corrected chi connectivity index (χ2v) is 3.12. The summed E-state index contributed by atoms with van der Waals surface area (Å²) in [6.45, 7) is 0. The van der Waals surface area contributed by atoms with Crippen LogP contribution in [0.3, 0.4) is 0 Å². The van der Waals surface area contributed by atoms with Crippen LogP contribution < -0.4 is 11.5 Å². The van der Waals surface area contributed by atoms with Crippen LogP contribution in [-0.2, 0) is 9.59 Å². The number of carbonyl (C=O) groups excluding carboxylic acids is 2. The first-order chi connectivity index (χ1) is 6.56. The Kier molecular flexibility index (Phi) is 5.74. The molecule has 0 fully saturated rings. The number of hydrogen-bond donors (Lipinski definition) is 3. The molecule has 0 aliphatic carbocycles. The van der Waals surface area contributed by atoms with Gasteiger partial charge in [-0.05, 0) is 12.1 Å². The van der Waals surface area contributed by atoms with Crippen molar-refractivity contribution in [3.8, 4) is 0 Å². The summed E-state index contributed by atoms with van der Waals surface area (Å²) in [5, 5.41) is 0.336. The van der Waals surface area contributed by atoms with E-state index in [1.165, 1.54) is 0 Å². The van der Waals surface area contributed by atoms with Gasteiger partial charge in [-0.3, -0.25) is 0 Å². The van der Waals surface area contributed by atoms with Gasteiger partial charge in [-0.2, -0.15) is 9.59 Å². The van der Waals surface area contributed by atoms with Crippen LogP contribution >= 0.6 is 23.6 Å². The Labute approximate surface area is 89.2 Å². The molecular formula is C7H7ClN2O3S. The molecule has 0 saturated heterocycles. The van der Waals surface area contributed by atoms with E-state index < -0.39 is 0 Å². The smallest absolute Gasteiger partial charge is 0.373 e. The maximum atomic E-state index is 8.64. The fraction of sp³-hybridized carbons (Fsp3) is 0. The molecule has 14 heavy (non-hydrogen) atoms. The molecular weight excluding hydrogens is 228 g/mol. The van der Waals surface area contributed by atoms with Crippen molar-refractivity contribution in [1.29, 1.82) is 0 Å². The van der Waals surface area contributed by atoms with Gasteiger partial charge in [0.05, 0.1) is 16.4 Å². The van der Waals surface area contributed by atoms with E-state index >= 15 is 0 Å². The quantitative estimate of drug-likeness (QED) is 0.502. The summed E-state index contributed by atoms with van der Waals surface area (Å²) in [6, 6.07) is 3.12. The molecule has 0 spiro atoms. The normalized spacial score (nSPS) is 8.43. The lowest BCUT2D eigenvalue weighted by Crippen LogP contribution is -1.93. The summed E-state index contributed by atoms with van der Waals surface area (Å²) in [4.78, 5) is 16.8. The van der Waals surface area contributed by atoms with E-state index in [2.05, 4.69) is 0 Å². The molecule has 0 atom stereocenters. The second kappa shape index (κ2) is 6.28. The summed E-state index contributed by atoms with van der Waals surface area (Å²) in [5.74, 6) is 0. The van der Waals surface area contributed by atoms with Crippen LogP contribution in [0.1, 0.15) is 0 Å². The number of benzene rings is 1. The summed E-state index contributed by atoms with van der Waals surface area (Å²) in [5.41, 5.74) is 11.7. The van der Waals surface area contributed by atoms with Gasteiger partial charge in [0.2, 0.25) is 0 Å². The van der Waals surface area contributed by atoms with Gasteiger partial charge in [0.1, 0.15) is 0 Å². The van der Waals surface area contributed by atoms with Gasteiger partial charge in [0, 0.05) is 16.9 Å². The van der Waals surface area contributed by atoms with Gasteiger partial charge in [-0.1, -0.05) is 11.6 Å². The zero-order valence-electron chi connectivity index (χ0n) is 6.86. The third-order valence-corrected chi connectivity index (χ3v) is 2.09. The van der Waals surface area contributed by atoms with Crippen molar-refractivity contribution < 1.29 is 14.1 Å². The van der Waals surface area contributed by atoms with Crippen LogP contribution in [0.2, 0.25) is 5.02 Å². The van der Waals surface area contributed by atoms with E-state index in [1.807, 2.05) is 0 Å². The fourth-order valence-electron chi connectivity index (χ4n) is 0.694. The minimum absolute atomic E-state index is 0.250. The Hall–Kier alpha value is -1.20. The first kappa shape index (κ1) is 12.8. The molecule has 5 nitrogen and oxygen atoms in total. The highest BCUT2D eigenvalue weighted by molar-refractivity contribution is 7.93. The van der Waals surface area contributed by atoms with E-state index in [9.17, 15) is 0 Å². The largest absolute Gasteiger partial charge is 0.397 e. The molecule has 5 N–H and O–H groups in total. The Morgan fingerprint density at radius 1 is 1.29 bits per heavy atom. The van der Waals surface area contributed by atoms with E-state index in [4.69, 9.17) is 37.2 Å². The third kappa shape index (κ3) is 3.68. The van der Waals surface area contributed by atoms with Gasteiger partial charge in [0.15, 0.2) is 0 Å². The molecule has 0 saturated carbocycles. The molecule has 1 rings (SSSR count). The minimum Gasteiger partial charge on any atom is -0.397 e. The average molecular weight is 235 g/mol. The maximum absolute atomic E-state index is 8.64. The average Bonchev–Trinajstić information content (AvgIpc) is 2.14. The summed E-state index contributed by atoms with van der Waals surface area (Å²) in [7, 11) is 0. The molecule has 7 heteroatoms. The van der Waals surface area contributed by atoms with E-state index in [0.29, 0.717) is 33.3 Å². The predicted octanol–water partition coefficient (Wildman–Crippen LogP) is 1.49. The molecule has 1 aromatic rings. The van der Waals surface area contributed by atoms with Crippen LogP contribution in [-0.4, -0.2) is 10.7 Å². The van der Waals surface area contributed by atoms with Crippen molar-refractivity contribution in [3.05, 3.63) is 17.2 Å². The number of nitrogens with two attached hydrogens (primary N) is 2. The standard InChI is InChI=1S/C6H7ClN2OS.CO2/c7-6-4(8)1-3(11-10)2-5(6)9;2-1-3/h1-2,10H,8-9H2;. The van der Waals surface area contributed by atoms with Crippen LogP contribution in [0.5, 0.6) is 0 Å². The van der Waals surface area contributed by atoms with E-state index in [1.54, 1.807) is 12.1 Å². The number of halogens is 1. The molecule has 0 heterocycles. The zero-order chi connectivity index (χ0) is 11.1. The SMILES string of the molecule is Nc1cc(SO)cc(N)c1Cl.O=C=O. The first-order valence-electron chi connectivity index (χ1n) is 3.22. The lowest BCUT2D eigenvalue weighted by molar-refractivity contribution is -0.191. The Bertz CT molecular complexity index is 330. The zero-order valence-corrected chi connectivity index (χ0v) is 8.43. The number of hydrogen-bond acceptors (Lipinski definition) is 6. The maximum Gasteiger partial charge on any atom is 0.373 e. The van der Waals surface area contributed by atoms with Crippen molar-refractivity contribution >= 4 is 41.2 Å². The van der Waals surface area contributed by atoms with Crippen molar-refractivity contribution in [2.24, 2.45) is 0 Å². The van der Waals surface area contributed by atoms with Crippen molar-refractivity contribution in [1.82, 2.24) is 0 Å². The van der Waals surface area contributed by atoms with Crippen LogP contribution in [0.15, 0.2) is 17.0 Å². The van der Waals surface area contributed by atoms with Crippen molar-refractivity contribution in [3.63, 3.8) is 0 Å². The molecule has 0 aliphatic rings. The number of rotatable bonds is 1. The first-order valence-corrected chi connectivity index (χ1v) is 4.37. The third-order valence-electron chi connectivity index (χ3n) is 1.21. The molecule has 1 aromatic carbocycles. The summed E-state index contributed by atoms with van der Waals surface area (Å²) < 4.78 is 8.64. The Balaban J connectivity index is 0.000000500. The highest BCUT2D eigenvalue weighted by atomic mass is 35.5.